The molecule has 120 valence electrons. The highest BCUT2D eigenvalue weighted by Gasteiger charge is 2.18. The Morgan fingerprint density at radius 1 is 0.750 bits per heavy atom. The van der Waals surface area contributed by atoms with Gasteiger partial charge >= 0.3 is 0 Å². The van der Waals surface area contributed by atoms with Gasteiger partial charge in [0.25, 0.3) is 0 Å². The first-order chi connectivity index (χ1) is 11.4. The van der Waals surface area contributed by atoms with E-state index in [0.717, 1.165) is 11.1 Å². The molecule has 0 N–H and O–H groups in total. The Balaban J connectivity index is 0.000000648. The fourth-order valence-corrected chi connectivity index (χ4v) is 2.16. The highest BCUT2D eigenvalue weighted by atomic mass is 16.1. The van der Waals surface area contributed by atoms with E-state index in [1.54, 1.807) is 55.5 Å². The Kier molecular flexibility index (Phi) is 7.07. The summed E-state index contributed by atoms with van der Waals surface area (Å²) in [5, 5.41) is 17.6. The third-order valence-corrected chi connectivity index (χ3v) is 3.15. The van der Waals surface area contributed by atoms with Gasteiger partial charge in [0.15, 0.2) is 0 Å². The van der Waals surface area contributed by atoms with Gasteiger partial charge in [-0.3, -0.25) is 4.79 Å². The number of hydrogen-bond acceptors (Lipinski definition) is 4. The molecule has 0 unspecified atom stereocenters. The summed E-state index contributed by atoms with van der Waals surface area (Å²) in [6.45, 7) is 4.60. The molecule has 0 aliphatic carbocycles. The predicted molar refractivity (Wildman–Crippen MR) is 91.2 cm³/mol. The topological polar surface area (TPSA) is 81.7 Å². The molecule has 2 aromatic carbocycles. The van der Waals surface area contributed by atoms with E-state index in [4.69, 9.17) is 10.5 Å². The standard InChI is InChI=1S/C17H12N2O.C3H6O/c1-12(20)17(15-6-2-13(10-18)3-7-15)16-8-4-14(11-19)5-9-16;1-3(2)4/h2-9,17H,1H3;1-2H3. The third-order valence-electron chi connectivity index (χ3n) is 3.15. The quantitative estimate of drug-likeness (QED) is 0.863. The van der Waals surface area contributed by atoms with Crippen molar-refractivity contribution in [3.05, 3.63) is 70.8 Å². The Hall–Kier alpha value is -3.24. The second-order valence-electron chi connectivity index (χ2n) is 5.42. The molecule has 0 amide bonds. The van der Waals surface area contributed by atoms with Crippen molar-refractivity contribution >= 4 is 11.6 Å². The molecule has 0 aliphatic rings. The number of hydrogen-bond donors (Lipinski definition) is 0. The van der Waals surface area contributed by atoms with E-state index < -0.39 is 0 Å². The monoisotopic (exact) mass is 318 g/mol. The predicted octanol–water partition coefficient (Wildman–Crippen LogP) is 3.75. The SMILES string of the molecule is CC(=O)C(c1ccc(C#N)cc1)c1ccc(C#N)cc1.CC(C)=O. The molecule has 2 aromatic rings. The summed E-state index contributed by atoms with van der Waals surface area (Å²) in [4.78, 5) is 21.4. The zero-order valence-corrected chi connectivity index (χ0v) is 13.9. The van der Waals surface area contributed by atoms with Crippen molar-refractivity contribution in [3.8, 4) is 12.1 Å². The third kappa shape index (κ3) is 5.51. The zero-order chi connectivity index (χ0) is 18.1. The molecule has 0 saturated carbocycles. The van der Waals surface area contributed by atoms with Gasteiger partial charge in [-0.2, -0.15) is 10.5 Å². The van der Waals surface area contributed by atoms with Crippen LogP contribution in [-0.4, -0.2) is 11.6 Å². The van der Waals surface area contributed by atoms with Crippen molar-refractivity contribution < 1.29 is 9.59 Å². The fraction of sp³-hybridized carbons (Fsp3) is 0.200. The van der Waals surface area contributed by atoms with Gasteiger partial charge in [0.1, 0.15) is 11.6 Å². The van der Waals surface area contributed by atoms with Gasteiger partial charge in [-0.1, -0.05) is 24.3 Å². The minimum atomic E-state index is -0.365. The molecule has 0 atom stereocenters. The first-order valence-corrected chi connectivity index (χ1v) is 7.36. The summed E-state index contributed by atoms with van der Waals surface area (Å²) >= 11 is 0. The number of benzene rings is 2. The molecular formula is C20H18N2O2. The smallest absolute Gasteiger partial charge is 0.141 e. The molecule has 4 heteroatoms. The van der Waals surface area contributed by atoms with Crippen LogP contribution in [0.15, 0.2) is 48.5 Å². The zero-order valence-electron chi connectivity index (χ0n) is 13.9. The summed E-state index contributed by atoms with van der Waals surface area (Å²) in [7, 11) is 0. The van der Waals surface area contributed by atoms with Crippen molar-refractivity contribution in [2.75, 3.05) is 0 Å². The van der Waals surface area contributed by atoms with Crippen molar-refractivity contribution in [2.45, 2.75) is 26.7 Å². The summed E-state index contributed by atoms with van der Waals surface area (Å²) < 4.78 is 0. The highest BCUT2D eigenvalue weighted by molar-refractivity contribution is 5.87. The maximum absolute atomic E-state index is 11.9. The van der Waals surface area contributed by atoms with Crippen LogP contribution in [0.25, 0.3) is 0 Å². The van der Waals surface area contributed by atoms with Gasteiger partial charge in [-0.25, -0.2) is 0 Å². The second kappa shape index (κ2) is 9.02. The Morgan fingerprint density at radius 2 is 1.04 bits per heavy atom. The number of rotatable bonds is 3. The molecule has 2 rings (SSSR count). The maximum atomic E-state index is 11.9. The first-order valence-electron chi connectivity index (χ1n) is 7.36. The van der Waals surface area contributed by atoms with Crippen molar-refractivity contribution in [2.24, 2.45) is 0 Å². The number of nitrogens with zero attached hydrogens (tertiary/aromatic N) is 2. The number of ketones is 2. The van der Waals surface area contributed by atoms with Gasteiger partial charge in [0, 0.05) is 0 Å². The molecule has 0 aromatic heterocycles. The summed E-state index contributed by atoms with van der Waals surface area (Å²) in [6.07, 6.45) is 0. The van der Waals surface area contributed by atoms with E-state index in [1.807, 2.05) is 0 Å². The van der Waals surface area contributed by atoms with E-state index in [0.29, 0.717) is 11.1 Å². The Morgan fingerprint density at radius 3 is 1.25 bits per heavy atom. The van der Waals surface area contributed by atoms with E-state index >= 15 is 0 Å². The van der Waals surface area contributed by atoms with Crippen LogP contribution in [0, 0.1) is 22.7 Å². The molecule has 0 saturated heterocycles. The van der Waals surface area contributed by atoms with Crippen LogP contribution in [0.5, 0.6) is 0 Å². The van der Waals surface area contributed by atoms with Crippen molar-refractivity contribution in [1.29, 1.82) is 10.5 Å². The lowest BCUT2D eigenvalue weighted by Gasteiger charge is -2.15. The van der Waals surface area contributed by atoms with E-state index in [-0.39, 0.29) is 17.5 Å². The van der Waals surface area contributed by atoms with Gasteiger partial charge in [0.05, 0.1) is 29.2 Å². The number of carbonyl (C=O) groups is 2. The number of nitriles is 2. The molecule has 0 aliphatic heterocycles. The van der Waals surface area contributed by atoms with Crippen LogP contribution in [0.1, 0.15) is 48.9 Å². The lowest BCUT2D eigenvalue weighted by atomic mass is 9.87. The minimum Gasteiger partial charge on any atom is -0.300 e. The average molecular weight is 318 g/mol. The van der Waals surface area contributed by atoms with E-state index in [1.165, 1.54) is 13.8 Å². The van der Waals surface area contributed by atoms with Crippen molar-refractivity contribution in [3.63, 3.8) is 0 Å². The summed E-state index contributed by atoms with van der Waals surface area (Å²) in [5.41, 5.74) is 2.83. The molecule has 0 heterocycles. The van der Waals surface area contributed by atoms with Gasteiger partial charge < -0.3 is 4.79 Å². The lowest BCUT2D eigenvalue weighted by molar-refractivity contribution is -0.117. The molecule has 24 heavy (non-hydrogen) atoms. The molecule has 4 nitrogen and oxygen atoms in total. The molecular weight excluding hydrogens is 300 g/mol. The normalized spacial score (nSPS) is 9.25. The van der Waals surface area contributed by atoms with Gasteiger partial charge in [0.2, 0.25) is 0 Å². The molecule has 0 bridgehead atoms. The lowest BCUT2D eigenvalue weighted by Crippen LogP contribution is -2.10. The van der Waals surface area contributed by atoms with Crippen molar-refractivity contribution in [1.82, 2.24) is 0 Å². The highest BCUT2D eigenvalue weighted by Crippen LogP contribution is 2.26. The Labute approximate surface area is 142 Å². The van der Waals surface area contributed by atoms with E-state index in [2.05, 4.69) is 12.1 Å². The first kappa shape index (κ1) is 18.8. The van der Waals surface area contributed by atoms with E-state index in [9.17, 15) is 9.59 Å². The van der Waals surface area contributed by atoms with Gasteiger partial charge in [-0.05, 0) is 56.2 Å². The van der Waals surface area contributed by atoms with Crippen LogP contribution in [0.2, 0.25) is 0 Å². The average Bonchev–Trinajstić information content (AvgIpc) is 2.55. The van der Waals surface area contributed by atoms with Crippen LogP contribution in [-0.2, 0) is 9.59 Å². The van der Waals surface area contributed by atoms with Crippen LogP contribution in [0.3, 0.4) is 0 Å². The molecule has 0 radical (unpaired) electrons. The summed E-state index contributed by atoms with van der Waals surface area (Å²) in [6, 6.07) is 18.1. The molecule has 0 fully saturated rings. The van der Waals surface area contributed by atoms with Crippen LogP contribution in [0.4, 0.5) is 0 Å². The van der Waals surface area contributed by atoms with Crippen LogP contribution < -0.4 is 0 Å². The fourth-order valence-electron chi connectivity index (χ4n) is 2.16. The molecule has 0 spiro atoms. The van der Waals surface area contributed by atoms with Gasteiger partial charge in [-0.15, -0.1) is 0 Å². The second-order valence-corrected chi connectivity index (χ2v) is 5.42. The number of carbonyl (C=O) groups excluding carboxylic acids is 2. The minimum absolute atomic E-state index is 0.0272. The Bertz CT molecular complexity index is 730. The largest absolute Gasteiger partial charge is 0.300 e. The number of Topliss-reactive ketones (excluding diaryl/α,β-unsaturated/α-hetero) is 2. The maximum Gasteiger partial charge on any atom is 0.141 e. The van der Waals surface area contributed by atoms with Crippen LogP contribution >= 0.6 is 0 Å². The summed E-state index contributed by atoms with van der Waals surface area (Å²) in [5.74, 6) is -0.171.